The van der Waals surface area contributed by atoms with E-state index in [1.54, 1.807) is 19.4 Å². The van der Waals surface area contributed by atoms with Crippen molar-refractivity contribution >= 4 is 17.3 Å². The van der Waals surface area contributed by atoms with Crippen LogP contribution in [0.3, 0.4) is 0 Å². The number of halogens is 1. The Morgan fingerprint density at radius 2 is 1.97 bits per heavy atom. The van der Waals surface area contributed by atoms with Crippen molar-refractivity contribution in [2.24, 2.45) is 0 Å². The number of nitrogens with one attached hydrogen (secondary N) is 1. The first-order valence-corrected chi connectivity index (χ1v) is 10.4. The van der Waals surface area contributed by atoms with E-state index in [1.807, 2.05) is 65.3 Å². The molecule has 0 radical (unpaired) electrons. The van der Waals surface area contributed by atoms with Crippen LogP contribution in [0.4, 0.5) is 5.69 Å². The summed E-state index contributed by atoms with van der Waals surface area (Å²) in [6.07, 6.45) is 1.56. The van der Waals surface area contributed by atoms with Gasteiger partial charge in [-0.3, -0.25) is 0 Å². The van der Waals surface area contributed by atoms with Gasteiger partial charge in [0.2, 0.25) is 0 Å². The fraction of sp³-hybridized carbons (Fsp3) is 0.120. The summed E-state index contributed by atoms with van der Waals surface area (Å²) in [6, 6.07) is 23.1. The average molecular weight is 443 g/mol. The molecule has 3 aromatic carbocycles. The molecule has 0 bridgehead atoms. The second-order valence-corrected chi connectivity index (χ2v) is 7.80. The van der Waals surface area contributed by atoms with Gasteiger partial charge in [-0.05, 0) is 42.5 Å². The molecule has 0 unspecified atom stereocenters. The van der Waals surface area contributed by atoms with E-state index in [2.05, 4.69) is 16.5 Å². The SMILES string of the molecule is COc1cc([C@@H]2Nc3cc(Cl)ccc3-c3ccnn32)ccc1OCc1ccccc1C#N. The third kappa shape index (κ3) is 3.53. The molecule has 0 saturated carbocycles. The van der Waals surface area contributed by atoms with Gasteiger partial charge in [0, 0.05) is 33.6 Å². The highest BCUT2D eigenvalue weighted by Crippen LogP contribution is 2.40. The van der Waals surface area contributed by atoms with Crippen LogP contribution in [-0.2, 0) is 6.61 Å². The zero-order valence-corrected chi connectivity index (χ0v) is 18.0. The van der Waals surface area contributed by atoms with Gasteiger partial charge in [-0.2, -0.15) is 10.4 Å². The first kappa shape index (κ1) is 20.0. The minimum Gasteiger partial charge on any atom is -0.493 e. The number of rotatable bonds is 5. The third-order valence-electron chi connectivity index (χ3n) is 5.49. The molecule has 1 aliphatic rings. The highest BCUT2D eigenvalue weighted by atomic mass is 35.5. The van der Waals surface area contributed by atoms with Crippen molar-refractivity contribution in [3.8, 4) is 28.8 Å². The van der Waals surface area contributed by atoms with Gasteiger partial charge in [0.1, 0.15) is 12.8 Å². The molecular weight excluding hydrogens is 424 g/mol. The number of benzene rings is 3. The smallest absolute Gasteiger partial charge is 0.161 e. The Kier molecular flexibility index (Phi) is 5.18. The Hall–Kier alpha value is -3.95. The molecule has 1 aliphatic heterocycles. The molecule has 0 aliphatic carbocycles. The maximum Gasteiger partial charge on any atom is 0.161 e. The van der Waals surface area contributed by atoms with Gasteiger partial charge >= 0.3 is 0 Å². The summed E-state index contributed by atoms with van der Waals surface area (Å²) in [5.74, 6) is 1.20. The standard InChI is InChI=1S/C25H19ClN4O2/c1-31-24-12-16(6-9-23(24)32-15-18-5-3-2-4-17(18)14-27)25-29-21-13-19(26)7-8-20(21)22-10-11-28-30(22)25/h2-13,25,29H,15H2,1H3/t25-/m1/s1. The maximum absolute atomic E-state index is 9.29. The van der Waals surface area contributed by atoms with Crippen molar-refractivity contribution in [1.82, 2.24) is 9.78 Å². The van der Waals surface area contributed by atoms with Crippen LogP contribution in [0.2, 0.25) is 5.02 Å². The van der Waals surface area contributed by atoms with Crippen LogP contribution in [0.1, 0.15) is 22.9 Å². The molecule has 158 valence electrons. The minimum absolute atomic E-state index is 0.228. The van der Waals surface area contributed by atoms with Crippen LogP contribution in [-0.4, -0.2) is 16.9 Å². The molecular formula is C25H19ClN4O2. The molecule has 5 rings (SSSR count). The average Bonchev–Trinajstić information content (AvgIpc) is 3.32. The Balaban J connectivity index is 1.45. The van der Waals surface area contributed by atoms with Crippen molar-refractivity contribution < 1.29 is 9.47 Å². The highest BCUT2D eigenvalue weighted by Gasteiger charge is 2.26. The second kappa shape index (κ2) is 8.29. The molecule has 1 atom stereocenters. The number of ether oxygens (including phenoxy) is 2. The van der Waals surface area contributed by atoms with Gasteiger partial charge in [-0.25, -0.2) is 4.68 Å². The maximum atomic E-state index is 9.29. The molecule has 6 nitrogen and oxygen atoms in total. The van der Waals surface area contributed by atoms with Crippen LogP contribution >= 0.6 is 11.6 Å². The van der Waals surface area contributed by atoms with Crippen molar-refractivity contribution in [2.75, 3.05) is 12.4 Å². The molecule has 0 saturated heterocycles. The van der Waals surface area contributed by atoms with Crippen molar-refractivity contribution in [3.05, 3.63) is 94.6 Å². The summed E-state index contributed by atoms with van der Waals surface area (Å²) < 4.78 is 13.5. The predicted molar refractivity (Wildman–Crippen MR) is 123 cm³/mol. The lowest BCUT2D eigenvalue weighted by atomic mass is 10.0. The number of nitrogens with zero attached hydrogens (tertiary/aromatic N) is 3. The van der Waals surface area contributed by atoms with E-state index in [9.17, 15) is 5.26 Å². The molecule has 1 aromatic heterocycles. The molecule has 1 N–H and O–H groups in total. The van der Waals surface area contributed by atoms with Gasteiger partial charge in [-0.1, -0.05) is 35.9 Å². The molecule has 32 heavy (non-hydrogen) atoms. The first-order chi connectivity index (χ1) is 15.7. The normalized spacial score (nSPS) is 14.0. The van der Waals surface area contributed by atoms with Crippen LogP contribution < -0.4 is 14.8 Å². The lowest BCUT2D eigenvalue weighted by Crippen LogP contribution is -2.25. The Bertz CT molecular complexity index is 1340. The van der Waals surface area contributed by atoms with E-state index in [1.165, 1.54) is 0 Å². The number of aromatic nitrogens is 2. The number of nitriles is 1. The fourth-order valence-corrected chi connectivity index (χ4v) is 4.08. The van der Waals surface area contributed by atoms with Crippen molar-refractivity contribution in [1.29, 1.82) is 5.26 Å². The van der Waals surface area contributed by atoms with Crippen LogP contribution in [0.25, 0.3) is 11.3 Å². The van der Waals surface area contributed by atoms with Gasteiger partial charge < -0.3 is 14.8 Å². The summed E-state index contributed by atoms with van der Waals surface area (Å²) in [5.41, 5.74) is 5.38. The van der Waals surface area contributed by atoms with Gasteiger partial charge in [0.05, 0.1) is 24.4 Å². The lowest BCUT2D eigenvalue weighted by molar-refractivity contribution is 0.284. The topological polar surface area (TPSA) is 72.1 Å². The second-order valence-electron chi connectivity index (χ2n) is 7.37. The number of hydrogen-bond donors (Lipinski definition) is 1. The Morgan fingerprint density at radius 1 is 1.09 bits per heavy atom. The van der Waals surface area contributed by atoms with E-state index in [4.69, 9.17) is 21.1 Å². The largest absolute Gasteiger partial charge is 0.493 e. The van der Waals surface area contributed by atoms with Gasteiger partial charge in [-0.15, -0.1) is 0 Å². The van der Waals surface area contributed by atoms with E-state index < -0.39 is 0 Å². The molecule has 0 spiro atoms. The first-order valence-electron chi connectivity index (χ1n) is 10.1. The Labute approximate surface area is 190 Å². The highest BCUT2D eigenvalue weighted by molar-refractivity contribution is 6.31. The summed E-state index contributed by atoms with van der Waals surface area (Å²) in [4.78, 5) is 0. The van der Waals surface area contributed by atoms with E-state index in [0.29, 0.717) is 22.1 Å². The Morgan fingerprint density at radius 3 is 2.81 bits per heavy atom. The molecule has 2 heterocycles. The molecule has 0 amide bonds. The number of fused-ring (bicyclic) bond motifs is 3. The van der Waals surface area contributed by atoms with E-state index >= 15 is 0 Å². The van der Waals surface area contributed by atoms with Crippen LogP contribution in [0, 0.1) is 11.3 Å². The lowest BCUT2D eigenvalue weighted by Gasteiger charge is -2.29. The predicted octanol–water partition coefficient (Wildman–Crippen LogP) is 5.64. The molecule has 0 fully saturated rings. The summed E-state index contributed by atoms with van der Waals surface area (Å²) in [5, 5.41) is 18.0. The summed E-state index contributed by atoms with van der Waals surface area (Å²) >= 11 is 6.23. The number of hydrogen-bond acceptors (Lipinski definition) is 5. The number of anilines is 1. The van der Waals surface area contributed by atoms with Gasteiger partial charge in [0.15, 0.2) is 11.5 Å². The monoisotopic (exact) mass is 442 g/mol. The van der Waals surface area contributed by atoms with Gasteiger partial charge in [0.25, 0.3) is 0 Å². The zero-order valence-electron chi connectivity index (χ0n) is 17.2. The van der Waals surface area contributed by atoms with Crippen LogP contribution in [0.15, 0.2) is 72.9 Å². The summed E-state index contributed by atoms with van der Waals surface area (Å²) in [6.45, 7) is 0.274. The third-order valence-corrected chi connectivity index (χ3v) is 5.72. The zero-order chi connectivity index (χ0) is 22.1. The molecule has 4 aromatic rings. The van der Waals surface area contributed by atoms with Crippen LogP contribution in [0.5, 0.6) is 11.5 Å². The van der Waals surface area contributed by atoms with Crippen molar-refractivity contribution in [2.45, 2.75) is 12.8 Å². The van der Waals surface area contributed by atoms with E-state index in [0.717, 1.165) is 28.1 Å². The quantitative estimate of drug-likeness (QED) is 0.433. The number of methoxy groups -OCH3 is 1. The van der Waals surface area contributed by atoms with E-state index in [-0.39, 0.29) is 12.8 Å². The minimum atomic E-state index is -0.228. The molecule has 7 heteroatoms. The summed E-state index contributed by atoms with van der Waals surface area (Å²) in [7, 11) is 1.61. The van der Waals surface area contributed by atoms with Crippen molar-refractivity contribution in [3.63, 3.8) is 0 Å². The fourth-order valence-electron chi connectivity index (χ4n) is 3.91.